The van der Waals surface area contributed by atoms with E-state index in [1.165, 1.54) is 36.5 Å². The number of nitrogens with one attached hydrogen (secondary N) is 2. The van der Waals surface area contributed by atoms with Crippen LogP contribution in [0.2, 0.25) is 0 Å². The van der Waals surface area contributed by atoms with Crippen molar-refractivity contribution in [1.29, 1.82) is 0 Å². The second kappa shape index (κ2) is 12.1. The minimum Gasteiger partial charge on any atom is -0.481 e. The van der Waals surface area contributed by atoms with Crippen LogP contribution in [-0.4, -0.2) is 56.9 Å². The van der Waals surface area contributed by atoms with Crippen LogP contribution in [0.25, 0.3) is 11.0 Å². The maximum atomic E-state index is 13.8. The average molecular weight is 599 g/mol. The number of carbonyl (C=O) groups is 3. The van der Waals surface area contributed by atoms with E-state index in [1.54, 1.807) is 6.07 Å². The lowest BCUT2D eigenvalue weighted by molar-refractivity contribution is -0.142. The van der Waals surface area contributed by atoms with Crippen molar-refractivity contribution in [1.82, 2.24) is 14.8 Å². The number of hydrogen-bond acceptors (Lipinski definition) is 6. The topological polar surface area (TPSA) is 129 Å². The fourth-order valence-corrected chi connectivity index (χ4v) is 5.01. The standard InChI is InChI=1S/C29H26F4N6O4/c30-19-7-8-21(18(13-19)15-24(40)41)35-27(42)17-6-9-23(38-11-2-1-3-12-38)22(14-17)36-28(43)25-20-5-4-10-34-26(20)39(37-25)16-29(31,32)33/h4-10,13-14H,1-3,11-12,15-16H2,(H,35,42)(H,36,43)(H,40,41). The van der Waals surface area contributed by atoms with Gasteiger partial charge in [0.1, 0.15) is 12.4 Å². The predicted molar refractivity (Wildman–Crippen MR) is 150 cm³/mol. The van der Waals surface area contributed by atoms with Crippen molar-refractivity contribution in [2.45, 2.75) is 38.4 Å². The van der Waals surface area contributed by atoms with Gasteiger partial charge in [-0.15, -0.1) is 0 Å². The Labute approximate surface area is 242 Å². The Hall–Kier alpha value is -5.01. The second-order valence-electron chi connectivity index (χ2n) is 10.1. The number of aliphatic carboxylic acids is 1. The summed E-state index contributed by atoms with van der Waals surface area (Å²) in [5.41, 5.74) is 0.725. The minimum atomic E-state index is -4.60. The number of aromatic nitrogens is 3. The lowest BCUT2D eigenvalue weighted by Crippen LogP contribution is -2.30. The van der Waals surface area contributed by atoms with Crippen LogP contribution in [0.3, 0.4) is 0 Å². The smallest absolute Gasteiger partial charge is 0.408 e. The molecule has 0 aliphatic carbocycles. The molecule has 1 aliphatic rings. The molecule has 4 aromatic rings. The van der Waals surface area contributed by atoms with Crippen molar-refractivity contribution in [3.05, 3.63) is 77.4 Å². The van der Waals surface area contributed by atoms with Gasteiger partial charge in [-0.05, 0) is 73.4 Å². The van der Waals surface area contributed by atoms with Gasteiger partial charge in [0.2, 0.25) is 0 Å². The Kier molecular flexibility index (Phi) is 8.28. The first kappa shape index (κ1) is 29.5. The molecule has 10 nitrogen and oxygen atoms in total. The number of pyridine rings is 1. The molecule has 1 aliphatic heterocycles. The number of carbonyl (C=O) groups excluding carboxylic acids is 2. The number of rotatable bonds is 8. The first-order valence-electron chi connectivity index (χ1n) is 13.4. The molecule has 1 saturated heterocycles. The molecule has 1 fully saturated rings. The highest BCUT2D eigenvalue weighted by atomic mass is 19.4. The highest BCUT2D eigenvalue weighted by Gasteiger charge is 2.31. The van der Waals surface area contributed by atoms with E-state index >= 15 is 0 Å². The highest BCUT2D eigenvalue weighted by Crippen LogP contribution is 2.32. The molecule has 0 saturated carbocycles. The SMILES string of the molecule is O=C(O)Cc1cc(F)ccc1NC(=O)c1ccc(N2CCCCC2)c(NC(=O)c2nn(CC(F)(F)F)c3ncccc23)c1. The zero-order valence-electron chi connectivity index (χ0n) is 22.6. The third kappa shape index (κ3) is 6.90. The van der Waals surface area contributed by atoms with Crippen molar-refractivity contribution in [2.24, 2.45) is 0 Å². The van der Waals surface area contributed by atoms with Crippen molar-refractivity contribution >= 4 is 45.9 Å². The number of nitrogens with zero attached hydrogens (tertiary/aromatic N) is 4. The van der Waals surface area contributed by atoms with Crippen LogP contribution < -0.4 is 15.5 Å². The number of benzene rings is 2. The van der Waals surface area contributed by atoms with E-state index < -0.39 is 42.7 Å². The maximum Gasteiger partial charge on any atom is 0.408 e. The van der Waals surface area contributed by atoms with E-state index in [0.717, 1.165) is 31.4 Å². The van der Waals surface area contributed by atoms with Gasteiger partial charge in [-0.1, -0.05) is 0 Å². The van der Waals surface area contributed by atoms with Crippen molar-refractivity contribution in [2.75, 3.05) is 28.6 Å². The van der Waals surface area contributed by atoms with Gasteiger partial charge in [0.15, 0.2) is 11.3 Å². The minimum absolute atomic E-state index is 0.0641. The first-order valence-corrected chi connectivity index (χ1v) is 13.4. The number of hydrogen-bond donors (Lipinski definition) is 3. The van der Waals surface area contributed by atoms with Gasteiger partial charge < -0.3 is 20.6 Å². The highest BCUT2D eigenvalue weighted by molar-refractivity contribution is 6.13. The molecule has 0 atom stereocenters. The Bertz CT molecular complexity index is 1700. The number of carboxylic acid groups (broad SMARTS) is 1. The third-order valence-electron chi connectivity index (χ3n) is 6.91. The maximum absolute atomic E-state index is 13.8. The number of anilines is 3. The molecular weight excluding hydrogens is 572 g/mol. The third-order valence-corrected chi connectivity index (χ3v) is 6.91. The number of fused-ring (bicyclic) bond motifs is 1. The summed E-state index contributed by atoms with van der Waals surface area (Å²) in [6, 6.07) is 10.9. The fraction of sp³-hybridized carbons (Fsp3) is 0.276. The van der Waals surface area contributed by atoms with Crippen LogP contribution in [0.15, 0.2) is 54.7 Å². The molecule has 14 heteroatoms. The number of carboxylic acids is 1. The largest absolute Gasteiger partial charge is 0.481 e. The van der Waals surface area contributed by atoms with E-state index in [2.05, 4.69) is 20.7 Å². The monoisotopic (exact) mass is 598 g/mol. The summed E-state index contributed by atoms with van der Waals surface area (Å²) >= 11 is 0. The van der Waals surface area contributed by atoms with Crippen LogP contribution in [0.1, 0.15) is 45.7 Å². The van der Waals surface area contributed by atoms with Gasteiger partial charge >= 0.3 is 12.1 Å². The summed E-state index contributed by atoms with van der Waals surface area (Å²) in [6.07, 6.45) is -0.966. The molecule has 3 heterocycles. The van der Waals surface area contributed by atoms with Crippen molar-refractivity contribution in [3.63, 3.8) is 0 Å². The number of amides is 2. The van der Waals surface area contributed by atoms with Crippen LogP contribution >= 0.6 is 0 Å². The molecular formula is C29H26F4N6O4. The van der Waals surface area contributed by atoms with Crippen molar-refractivity contribution in [3.8, 4) is 0 Å². The van der Waals surface area contributed by atoms with Gasteiger partial charge in [0.25, 0.3) is 11.8 Å². The normalized spacial score (nSPS) is 13.6. The Morgan fingerprint density at radius 1 is 0.930 bits per heavy atom. The summed E-state index contributed by atoms with van der Waals surface area (Å²) < 4.78 is 53.9. The molecule has 0 bridgehead atoms. The van der Waals surface area contributed by atoms with E-state index in [1.807, 2.05) is 4.90 Å². The Morgan fingerprint density at radius 2 is 1.67 bits per heavy atom. The number of alkyl halides is 3. The molecule has 224 valence electrons. The number of piperidine rings is 1. The van der Waals surface area contributed by atoms with Gasteiger partial charge in [-0.2, -0.15) is 18.3 Å². The molecule has 0 spiro atoms. The molecule has 43 heavy (non-hydrogen) atoms. The zero-order chi connectivity index (χ0) is 30.7. The van der Waals surface area contributed by atoms with Crippen LogP contribution in [0, 0.1) is 5.82 Å². The average Bonchev–Trinajstić information content (AvgIpc) is 3.31. The van der Waals surface area contributed by atoms with Gasteiger partial charge in [-0.25, -0.2) is 14.1 Å². The lowest BCUT2D eigenvalue weighted by atomic mass is 10.1. The molecule has 2 amide bonds. The Morgan fingerprint density at radius 3 is 2.40 bits per heavy atom. The zero-order valence-corrected chi connectivity index (χ0v) is 22.6. The quantitative estimate of drug-likeness (QED) is 0.236. The summed E-state index contributed by atoms with van der Waals surface area (Å²) in [4.78, 5) is 44.0. The van der Waals surface area contributed by atoms with Crippen LogP contribution in [0.5, 0.6) is 0 Å². The molecule has 2 aromatic carbocycles. The summed E-state index contributed by atoms with van der Waals surface area (Å²) in [5, 5.41) is 18.5. The summed E-state index contributed by atoms with van der Waals surface area (Å²) in [5.74, 6) is -3.32. The van der Waals surface area contributed by atoms with Gasteiger partial charge in [-0.3, -0.25) is 14.4 Å². The lowest BCUT2D eigenvalue weighted by Gasteiger charge is -2.30. The van der Waals surface area contributed by atoms with E-state index in [4.69, 9.17) is 0 Å². The summed E-state index contributed by atoms with van der Waals surface area (Å²) in [7, 11) is 0. The summed E-state index contributed by atoms with van der Waals surface area (Å²) in [6.45, 7) is -0.0546. The fourth-order valence-electron chi connectivity index (χ4n) is 5.01. The molecule has 2 aromatic heterocycles. The van der Waals surface area contributed by atoms with Gasteiger partial charge in [0, 0.05) is 30.5 Å². The van der Waals surface area contributed by atoms with E-state index in [9.17, 15) is 37.1 Å². The molecule has 5 rings (SSSR count). The van der Waals surface area contributed by atoms with Crippen LogP contribution in [-0.2, 0) is 17.8 Å². The predicted octanol–water partition coefficient (Wildman–Crippen LogP) is 5.25. The molecule has 0 radical (unpaired) electrons. The van der Waals surface area contributed by atoms with Crippen LogP contribution in [0.4, 0.5) is 34.6 Å². The molecule has 0 unspecified atom stereocenters. The van der Waals surface area contributed by atoms with E-state index in [-0.39, 0.29) is 39.2 Å². The van der Waals surface area contributed by atoms with Crippen molar-refractivity contribution < 1.29 is 37.1 Å². The van der Waals surface area contributed by atoms with E-state index in [0.29, 0.717) is 23.5 Å². The first-order chi connectivity index (χ1) is 20.5. The molecule has 3 N–H and O–H groups in total. The second-order valence-corrected chi connectivity index (χ2v) is 10.1. The number of halogens is 4. The van der Waals surface area contributed by atoms with Gasteiger partial charge in [0.05, 0.1) is 23.2 Å². The Balaban J connectivity index is 1.48.